The summed E-state index contributed by atoms with van der Waals surface area (Å²) in [7, 11) is -1.27. The van der Waals surface area contributed by atoms with Crippen molar-refractivity contribution >= 4 is 32.4 Å². The number of fused-ring (bicyclic) bond motifs is 3. The molecule has 0 saturated carbocycles. The van der Waals surface area contributed by atoms with E-state index in [0.717, 1.165) is 34.3 Å². The number of hydrogen-bond acceptors (Lipinski definition) is 6. The first-order valence-corrected chi connectivity index (χ1v) is 11.1. The molecule has 8 heteroatoms. The lowest BCUT2D eigenvalue weighted by molar-refractivity contribution is 0.673. The molecule has 0 amide bonds. The minimum atomic E-state index is -1.27. The molecule has 0 bridgehead atoms. The zero-order valence-electron chi connectivity index (χ0n) is 15.0. The molecule has 1 unspecified atom stereocenters. The molecule has 0 aliphatic heterocycles. The molecule has 0 radical (unpaired) electrons. The number of nitrogens with zero attached hydrogens (tertiary/aromatic N) is 5. The summed E-state index contributed by atoms with van der Waals surface area (Å²) in [5, 5.41) is 9.39. The van der Waals surface area contributed by atoms with Crippen molar-refractivity contribution in [3.8, 4) is 17.2 Å². The molecule has 0 fully saturated rings. The average molecular weight is 396 g/mol. The highest BCUT2D eigenvalue weighted by atomic mass is 32.2. The van der Waals surface area contributed by atoms with Crippen molar-refractivity contribution in [2.24, 2.45) is 0 Å². The standard InChI is InChI=1S/C19H17N5OS2/c1-11-6-8-12(9-7-11)16-15-13-4-3-5-14(13)26-17(15)22-18(21-16)24-10-20-23-19(24)27(2)25/h6-10H,3-5H2,1-2H3. The maximum absolute atomic E-state index is 12.0. The first-order valence-electron chi connectivity index (χ1n) is 8.75. The summed E-state index contributed by atoms with van der Waals surface area (Å²) in [6, 6.07) is 8.40. The van der Waals surface area contributed by atoms with Gasteiger partial charge in [-0.05, 0) is 31.7 Å². The lowest BCUT2D eigenvalue weighted by Crippen LogP contribution is -2.07. The second kappa shape index (κ2) is 6.31. The molecule has 27 heavy (non-hydrogen) atoms. The van der Waals surface area contributed by atoms with E-state index in [4.69, 9.17) is 9.97 Å². The molecule has 3 heterocycles. The van der Waals surface area contributed by atoms with Gasteiger partial charge in [-0.15, -0.1) is 21.5 Å². The lowest BCUT2D eigenvalue weighted by Gasteiger charge is -2.09. The predicted octanol–water partition coefficient (Wildman–Crippen LogP) is 3.47. The van der Waals surface area contributed by atoms with E-state index in [2.05, 4.69) is 41.4 Å². The third kappa shape index (κ3) is 2.71. The number of thiophene rings is 1. The normalized spacial score (nSPS) is 14.6. The van der Waals surface area contributed by atoms with Crippen LogP contribution in [0.5, 0.6) is 0 Å². The molecular weight excluding hydrogens is 378 g/mol. The van der Waals surface area contributed by atoms with E-state index < -0.39 is 10.8 Å². The Labute approximate surface area is 162 Å². The Morgan fingerprint density at radius 1 is 1.15 bits per heavy atom. The van der Waals surface area contributed by atoms with Gasteiger partial charge in [0.2, 0.25) is 11.1 Å². The maximum atomic E-state index is 12.0. The van der Waals surface area contributed by atoms with Crippen LogP contribution in [0.2, 0.25) is 0 Å². The summed E-state index contributed by atoms with van der Waals surface area (Å²) in [5.74, 6) is 0.466. The van der Waals surface area contributed by atoms with Gasteiger partial charge < -0.3 is 0 Å². The van der Waals surface area contributed by atoms with Crippen LogP contribution in [-0.4, -0.2) is 35.2 Å². The molecular formula is C19H17N5OS2. The van der Waals surface area contributed by atoms with Gasteiger partial charge in [0.25, 0.3) is 0 Å². The van der Waals surface area contributed by atoms with Crippen LogP contribution in [0.25, 0.3) is 27.4 Å². The van der Waals surface area contributed by atoms with E-state index in [-0.39, 0.29) is 0 Å². The zero-order chi connectivity index (χ0) is 18.5. The first kappa shape index (κ1) is 16.7. The molecule has 5 rings (SSSR count). The Morgan fingerprint density at radius 3 is 2.74 bits per heavy atom. The van der Waals surface area contributed by atoms with Crippen molar-refractivity contribution < 1.29 is 4.21 Å². The van der Waals surface area contributed by atoms with Gasteiger partial charge >= 0.3 is 0 Å². The van der Waals surface area contributed by atoms with Gasteiger partial charge in [0.1, 0.15) is 11.2 Å². The molecule has 1 atom stereocenters. The number of rotatable bonds is 3. The van der Waals surface area contributed by atoms with Gasteiger partial charge in [-0.2, -0.15) is 0 Å². The molecule has 0 spiro atoms. The third-order valence-electron chi connectivity index (χ3n) is 4.87. The Hall–Kier alpha value is -2.45. The second-order valence-corrected chi connectivity index (χ2v) is 9.07. The molecule has 6 nitrogen and oxygen atoms in total. The molecule has 1 aliphatic carbocycles. The summed E-state index contributed by atoms with van der Waals surface area (Å²) in [6.07, 6.45) is 6.48. The fraction of sp³-hybridized carbons (Fsp3) is 0.263. The Bertz CT molecular complexity index is 1190. The number of benzene rings is 1. The highest BCUT2D eigenvalue weighted by Gasteiger charge is 2.24. The predicted molar refractivity (Wildman–Crippen MR) is 107 cm³/mol. The third-order valence-corrected chi connectivity index (χ3v) is 6.85. The summed E-state index contributed by atoms with van der Waals surface area (Å²) in [4.78, 5) is 12.0. The smallest absolute Gasteiger partial charge is 0.239 e. The average Bonchev–Trinajstić information content (AvgIpc) is 3.36. The minimum Gasteiger partial charge on any atom is -0.251 e. The molecule has 3 aromatic heterocycles. The molecule has 1 aliphatic rings. The molecule has 0 N–H and O–H groups in total. The van der Waals surface area contributed by atoms with E-state index >= 15 is 0 Å². The minimum absolute atomic E-state index is 0.355. The van der Waals surface area contributed by atoms with Crippen LogP contribution in [0.1, 0.15) is 22.4 Å². The van der Waals surface area contributed by atoms with Crippen molar-refractivity contribution in [2.45, 2.75) is 31.3 Å². The van der Waals surface area contributed by atoms with Crippen molar-refractivity contribution in [3.63, 3.8) is 0 Å². The van der Waals surface area contributed by atoms with Gasteiger partial charge in [0, 0.05) is 22.1 Å². The van der Waals surface area contributed by atoms with Crippen LogP contribution in [0, 0.1) is 6.92 Å². The largest absolute Gasteiger partial charge is 0.251 e. The van der Waals surface area contributed by atoms with Gasteiger partial charge in [-0.25, -0.2) is 14.5 Å². The van der Waals surface area contributed by atoms with E-state index in [9.17, 15) is 4.21 Å². The highest BCUT2D eigenvalue weighted by molar-refractivity contribution is 7.84. The summed E-state index contributed by atoms with van der Waals surface area (Å²) in [5.41, 5.74) is 4.59. The van der Waals surface area contributed by atoms with Crippen molar-refractivity contribution in [1.82, 2.24) is 24.7 Å². The highest BCUT2D eigenvalue weighted by Crippen LogP contribution is 2.41. The van der Waals surface area contributed by atoms with Crippen LogP contribution in [-0.2, 0) is 23.6 Å². The number of hydrogen-bond donors (Lipinski definition) is 0. The molecule has 0 saturated heterocycles. The van der Waals surface area contributed by atoms with Crippen molar-refractivity contribution in [1.29, 1.82) is 0 Å². The zero-order valence-corrected chi connectivity index (χ0v) is 16.6. The topological polar surface area (TPSA) is 73.6 Å². The fourth-order valence-electron chi connectivity index (χ4n) is 3.57. The van der Waals surface area contributed by atoms with Gasteiger partial charge in [0.05, 0.1) is 16.5 Å². The summed E-state index contributed by atoms with van der Waals surface area (Å²) >= 11 is 1.74. The van der Waals surface area contributed by atoms with Crippen LogP contribution in [0.4, 0.5) is 0 Å². The number of aryl methyl sites for hydroxylation is 3. The Kier molecular flexibility index (Phi) is 3.91. The SMILES string of the molecule is Cc1ccc(-c2nc(-n3cnnc3S(C)=O)nc3sc4c(c23)CCC4)cc1. The Balaban J connectivity index is 1.81. The van der Waals surface area contributed by atoms with Crippen molar-refractivity contribution in [2.75, 3.05) is 6.26 Å². The van der Waals surface area contributed by atoms with E-state index in [0.29, 0.717) is 11.1 Å². The monoisotopic (exact) mass is 395 g/mol. The number of aromatic nitrogens is 5. The molecule has 4 aromatic rings. The van der Waals surface area contributed by atoms with E-state index in [1.165, 1.54) is 28.8 Å². The van der Waals surface area contributed by atoms with Gasteiger partial charge in [-0.3, -0.25) is 4.21 Å². The van der Waals surface area contributed by atoms with Crippen molar-refractivity contribution in [3.05, 3.63) is 46.6 Å². The van der Waals surface area contributed by atoms with Crippen LogP contribution < -0.4 is 0 Å². The fourth-order valence-corrected chi connectivity index (χ4v) is 5.39. The van der Waals surface area contributed by atoms with Crippen LogP contribution in [0.3, 0.4) is 0 Å². The molecule has 136 valence electrons. The van der Waals surface area contributed by atoms with Crippen LogP contribution >= 0.6 is 11.3 Å². The molecule has 1 aromatic carbocycles. The lowest BCUT2D eigenvalue weighted by atomic mass is 10.0. The summed E-state index contributed by atoms with van der Waals surface area (Å²) in [6.45, 7) is 2.08. The second-order valence-electron chi connectivity index (χ2n) is 6.71. The van der Waals surface area contributed by atoms with Crippen LogP contribution in [0.15, 0.2) is 35.7 Å². The maximum Gasteiger partial charge on any atom is 0.239 e. The van der Waals surface area contributed by atoms with E-state index in [1.54, 1.807) is 22.2 Å². The van der Waals surface area contributed by atoms with Gasteiger partial charge in [0.15, 0.2) is 0 Å². The summed E-state index contributed by atoms with van der Waals surface area (Å²) < 4.78 is 13.6. The Morgan fingerprint density at radius 2 is 1.96 bits per heavy atom. The van der Waals surface area contributed by atoms with Gasteiger partial charge in [-0.1, -0.05) is 29.8 Å². The quantitative estimate of drug-likeness (QED) is 0.531. The van der Waals surface area contributed by atoms with E-state index in [1.807, 2.05) is 0 Å². The first-order chi connectivity index (χ1) is 13.1.